The zero-order valence-corrected chi connectivity index (χ0v) is 40.5. The van der Waals surface area contributed by atoms with E-state index < -0.39 is 56.0 Å². The summed E-state index contributed by atoms with van der Waals surface area (Å²) in [5.41, 5.74) is 6.71. The van der Waals surface area contributed by atoms with Crippen LogP contribution in [0, 0.1) is 0 Å². The molecule has 2 unspecified atom stereocenters. The summed E-state index contributed by atoms with van der Waals surface area (Å²) >= 11 is 0. The molecule has 6 aromatic rings. The van der Waals surface area contributed by atoms with Crippen molar-refractivity contribution in [2.24, 2.45) is 0 Å². The number of benzene rings is 4. The number of amides is 2. The van der Waals surface area contributed by atoms with Gasteiger partial charge in [-0.3, -0.25) is 19.0 Å². The number of fused-ring (bicyclic) bond motifs is 2. The topological polar surface area (TPSA) is 241 Å². The normalized spacial score (nSPS) is 12.8. The number of carbonyl (C=O) groups is 4. The van der Waals surface area contributed by atoms with Crippen LogP contribution in [0.2, 0.25) is 0 Å². The van der Waals surface area contributed by atoms with E-state index in [2.05, 4.69) is 52.0 Å². The first-order valence-electron chi connectivity index (χ1n) is 21.8. The standard InChI is InChI=1S/C48H58N8O10S2/c1-55(2)25-21-35-29-51-41-17-7-31(27-39(35)41)19-23-49-45(57)43(33-9-13-37(14-10-33)53-67(5,61)62)65-47(59)48(60)66-44(34-11-15-38(16-12-34)54-68(6,63)64)46(58)50-24-20-32-8-18-42-40(28-32)36(30-52-42)22-26-56(3)4/h7-18,27-30,43-44,51-54H,19-26H2,1-6H3,(H,49,57)(H,50,58). The highest BCUT2D eigenvalue weighted by Gasteiger charge is 2.33. The fourth-order valence-electron chi connectivity index (χ4n) is 7.45. The molecule has 0 aliphatic heterocycles. The average molecular weight is 971 g/mol. The largest absolute Gasteiger partial charge is 0.439 e. The molecule has 2 aromatic heterocycles. The van der Waals surface area contributed by atoms with Crippen molar-refractivity contribution in [2.75, 3.05) is 76.3 Å². The minimum atomic E-state index is -3.65. The van der Waals surface area contributed by atoms with Crippen LogP contribution in [0.3, 0.4) is 0 Å². The number of carbonyl (C=O) groups excluding carboxylic acids is 4. The molecule has 6 N–H and O–H groups in total. The van der Waals surface area contributed by atoms with E-state index in [1.165, 1.54) is 48.5 Å². The van der Waals surface area contributed by atoms with Gasteiger partial charge in [0.25, 0.3) is 11.8 Å². The molecule has 20 heteroatoms. The number of nitrogens with zero attached hydrogens (tertiary/aromatic N) is 2. The van der Waals surface area contributed by atoms with Crippen molar-refractivity contribution in [3.05, 3.63) is 131 Å². The Labute approximate surface area is 396 Å². The molecule has 362 valence electrons. The first kappa shape index (κ1) is 50.7. The minimum Gasteiger partial charge on any atom is -0.439 e. The lowest BCUT2D eigenvalue weighted by molar-refractivity contribution is -0.177. The number of anilines is 2. The summed E-state index contributed by atoms with van der Waals surface area (Å²) in [6.45, 7) is 1.97. The van der Waals surface area contributed by atoms with E-state index in [0.717, 1.165) is 82.5 Å². The summed E-state index contributed by atoms with van der Waals surface area (Å²) in [7, 11) is 0.742. The lowest BCUT2D eigenvalue weighted by atomic mass is 10.0. The Morgan fingerprint density at radius 3 is 1.25 bits per heavy atom. The Balaban J connectivity index is 1.17. The van der Waals surface area contributed by atoms with Crippen molar-refractivity contribution in [3.63, 3.8) is 0 Å². The van der Waals surface area contributed by atoms with Crippen LogP contribution in [-0.2, 0) is 74.4 Å². The maximum absolute atomic E-state index is 13.9. The molecule has 0 saturated carbocycles. The van der Waals surface area contributed by atoms with Crippen LogP contribution in [0.4, 0.5) is 11.4 Å². The number of H-pyrrole nitrogens is 2. The molecule has 18 nitrogen and oxygen atoms in total. The summed E-state index contributed by atoms with van der Waals surface area (Å²) in [4.78, 5) is 65.7. The monoisotopic (exact) mass is 970 g/mol. The van der Waals surface area contributed by atoms with Gasteiger partial charge in [-0.25, -0.2) is 26.4 Å². The summed E-state index contributed by atoms with van der Waals surface area (Å²) in [5.74, 6) is -4.75. The first-order valence-corrected chi connectivity index (χ1v) is 25.6. The lowest BCUT2D eigenvalue weighted by Crippen LogP contribution is -2.37. The number of hydrogen-bond acceptors (Lipinski definition) is 12. The Morgan fingerprint density at radius 1 is 0.544 bits per heavy atom. The van der Waals surface area contributed by atoms with Crippen LogP contribution >= 0.6 is 0 Å². The number of rotatable bonds is 22. The number of ether oxygens (including phenoxy) is 2. The second-order valence-corrected chi connectivity index (χ2v) is 20.6. The maximum Gasteiger partial charge on any atom is 0.418 e. The zero-order valence-electron chi connectivity index (χ0n) is 38.8. The van der Waals surface area contributed by atoms with E-state index in [1.54, 1.807) is 0 Å². The molecule has 0 bridgehead atoms. The summed E-state index contributed by atoms with van der Waals surface area (Å²) in [6, 6.07) is 22.9. The molecule has 2 amide bonds. The van der Waals surface area contributed by atoms with Crippen molar-refractivity contribution >= 4 is 77.0 Å². The zero-order chi connectivity index (χ0) is 49.2. The van der Waals surface area contributed by atoms with Gasteiger partial charge in [-0.15, -0.1) is 0 Å². The van der Waals surface area contributed by atoms with Gasteiger partial charge >= 0.3 is 11.9 Å². The van der Waals surface area contributed by atoms with E-state index in [0.29, 0.717) is 12.8 Å². The van der Waals surface area contributed by atoms with Gasteiger partial charge in [-0.1, -0.05) is 36.4 Å². The Hall–Kier alpha value is -6.74. The van der Waals surface area contributed by atoms with Gasteiger partial charge in [-0.2, -0.15) is 0 Å². The maximum atomic E-state index is 13.9. The molecule has 4 aromatic carbocycles. The highest BCUT2D eigenvalue weighted by Crippen LogP contribution is 2.26. The summed E-state index contributed by atoms with van der Waals surface area (Å²) in [5, 5.41) is 7.69. The number of hydrogen-bond donors (Lipinski definition) is 6. The molecule has 2 heterocycles. The number of aromatic nitrogens is 2. The van der Waals surface area contributed by atoms with Gasteiger partial charge < -0.3 is 39.9 Å². The molecular weight excluding hydrogens is 913 g/mol. The van der Waals surface area contributed by atoms with Gasteiger partial charge in [-0.05, 0) is 125 Å². The molecule has 0 saturated heterocycles. The molecule has 0 aliphatic rings. The van der Waals surface area contributed by atoms with E-state index in [1.807, 2.05) is 64.8 Å². The molecule has 0 fully saturated rings. The van der Waals surface area contributed by atoms with Crippen LogP contribution in [-0.4, -0.2) is 127 Å². The fourth-order valence-corrected chi connectivity index (χ4v) is 8.57. The van der Waals surface area contributed by atoms with Gasteiger partial charge in [0.05, 0.1) is 12.5 Å². The fraction of sp³-hybridized carbons (Fsp3) is 0.333. The predicted octanol–water partition coefficient (Wildman–Crippen LogP) is 4.19. The first-order chi connectivity index (χ1) is 32.2. The third kappa shape index (κ3) is 14.6. The molecular formula is C48H58N8O10S2. The van der Waals surface area contributed by atoms with Crippen LogP contribution < -0.4 is 20.1 Å². The van der Waals surface area contributed by atoms with E-state index in [-0.39, 0.29) is 35.6 Å². The minimum absolute atomic E-state index is 0.105. The van der Waals surface area contributed by atoms with E-state index in [4.69, 9.17) is 9.47 Å². The molecule has 2 atom stereocenters. The van der Waals surface area contributed by atoms with Crippen molar-refractivity contribution in [2.45, 2.75) is 37.9 Å². The van der Waals surface area contributed by atoms with Crippen LogP contribution in [0.25, 0.3) is 21.8 Å². The molecule has 6 rings (SSSR count). The number of esters is 2. The third-order valence-corrected chi connectivity index (χ3v) is 12.1. The van der Waals surface area contributed by atoms with Gasteiger partial charge in [0, 0.05) is 82.9 Å². The summed E-state index contributed by atoms with van der Waals surface area (Å²) < 4.78 is 63.2. The van der Waals surface area contributed by atoms with Gasteiger partial charge in [0.1, 0.15) is 0 Å². The Kier molecular flexibility index (Phi) is 16.7. The van der Waals surface area contributed by atoms with Crippen molar-refractivity contribution in [1.29, 1.82) is 0 Å². The summed E-state index contributed by atoms with van der Waals surface area (Å²) in [6.07, 6.45) is 5.01. The van der Waals surface area contributed by atoms with Crippen molar-refractivity contribution in [1.82, 2.24) is 30.4 Å². The van der Waals surface area contributed by atoms with E-state index in [9.17, 15) is 36.0 Å². The highest BCUT2D eigenvalue weighted by molar-refractivity contribution is 7.92. The molecule has 0 aliphatic carbocycles. The van der Waals surface area contributed by atoms with E-state index >= 15 is 0 Å². The lowest BCUT2D eigenvalue weighted by Gasteiger charge is -2.20. The van der Waals surface area contributed by atoms with Gasteiger partial charge in [0.2, 0.25) is 32.3 Å². The van der Waals surface area contributed by atoms with Crippen molar-refractivity contribution < 1.29 is 45.5 Å². The molecule has 68 heavy (non-hydrogen) atoms. The SMILES string of the molecule is CN(C)CCc1c[nH]c2ccc(CCNC(=O)C(OC(=O)C(=O)OC(C(=O)NCCc3ccc4[nH]cc(CCN(C)C)c4c3)c3ccc(NS(C)(=O)=O)cc3)c3ccc(NS(C)(=O)=O)cc3)cc12. The average Bonchev–Trinajstić information content (AvgIpc) is 3.88. The Morgan fingerprint density at radius 2 is 0.912 bits per heavy atom. The predicted molar refractivity (Wildman–Crippen MR) is 262 cm³/mol. The van der Waals surface area contributed by atoms with Crippen LogP contribution in [0.1, 0.15) is 45.6 Å². The number of nitrogens with one attached hydrogen (secondary N) is 6. The van der Waals surface area contributed by atoms with Crippen molar-refractivity contribution in [3.8, 4) is 0 Å². The molecule has 0 radical (unpaired) electrons. The Bertz CT molecular complexity index is 2770. The second kappa shape index (κ2) is 22.4. The second-order valence-electron chi connectivity index (χ2n) is 17.1. The smallest absolute Gasteiger partial charge is 0.418 e. The van der Waals surface area contributed by atoms with Crippen LogP contribution in [0.15, 0.2) is 97.3 Å². The quantitative estimate of drug-likeness (QED) is 0.0415. The molecule has 0 spiro atoms. The number of sulfonamides is 2. The third-order valence-electron chi connectivity index (χ3n) is 10.9. The number of likely N-dealkylation sites (N-methyl/N-ethyl adjacent to an activating group) is 2. The van der Waals surface area contributed by atoms with Gasteiger partial charge in [0.15, 0.2) is 0 Å². The number of aromatic amines is 2. The van der Waals surface area contributed by atoms with Crippen LogP contribution in [0.5, 0.6) is 0 Å². The highest BCUT2D eigenvalue weighted by atomic mass is 32.2.